The van der Waals surface area contributed by atoms with Gasteiger partial charge in [0.1, 0.15) is 5.82 Å². The SMILES string of the molecule is [CH]=C/C=C/CCc1ncc[nH]1. The molecule has 11 heavy (non-hydrogen) atoms. The summed E-state index contributed by atoms with van der Waals surface area (Å²) in [6.07, 6.45) is 10.9. The van der Waals surface area contributed by atoms with Gasteiger partial charge < -0.3 is 4.98 Å². The lowest BCUT2D eigenvalue weighted by Gasteiger charge is -1.88. The molecule has 0 fully saturated rings. The summed E-state index contributed by atoms with van der Waals surface area (Å²) in [6, 6.07) is 0. The molecule has 1 aromatic rings. The van der Waals surface area contributed by atoms with Crippen LogP contribution in [0.1, 0.15) is 12.2 Å². The van der Waals surface area contributed by atoms with E-state index in [1.54, 1.807) is 6.20 Å². The van der Waals surface area contributed by atoms with E-state index >= 15 is 0 Å². The summed E-state index contributed by atoms with van der Waals surface area (Å²) in [7, 11) is 0. The maximum atomic E-state index is 5.15. The molecule has 1 aromatic heterocycles. The van der Waals surface area contributed by atoms with E-state index in [-0.39, 0.29) is 0 Å². The van der Waals surface area contributed by atoms with Crippen LogP contribution in [0.15, 0.2) is 30.6 Å². The summed E-state index contributed by atoms with van der Waals surface area (Å²) in [5.41, 5.74) is 0. The minimum atomic E-state index is 0.942. The first-order valence-corrected chi connectivity index (χ1v) is 3.62. The van der Waals surface area contributed by atoms with Gasteiger partial charge in [-0.15, -0.1) is 0 Å². The molecule has 1 rings (SSSR count). The van der Waals surface area contributed by atoms with E-state index in [4.69, 9.17) is 6.58 Å². The summed E-state index contributed by atoms with van der Waals surface area (Å²) in [5, 5.41) is 0. The predicted octanol–water partition coefficient (Wildman–Crippen LogP) is 1.89. The minimum absolute atomic E-state index is 0.942. The monoisotopic (exact) mass is 147 g/mol. The van der Waals surface area contributed by atoms with Crippen LogP contribution in [-0.4, -0.2) is 9.97 Å². The average molecular weight is 147 g/mol. The Labute approximate surface area is 66.7 Å². The number of nitrogens with one attached hydrogen (secondary N) is 1. The van der Waals surface area contributed by atoms with Gasteiger partial charge in [-0.05, 0) is 6.42 Å². The third-order valence-corrected chi connectivity index (χ3v) is 1.35. The topological polar surface area (TPSA) is 28.7 Å². The number of aryl methyl sites for hydroxylation is 1. The van der Waals surface area contributed by atoms with E-state index in [9.17, 15) is 0 Å². The third-order valence-electron chi connectivity index (χ3n) is 1.35. The first-order chi connectivity index (χ1) is 5.43. The van der Waals surface area contributed by atoms with Crippen LogP contribution in [0.3, 0.4) is 0 Å². The maximum absolute atomic E-state index is 5.15. The first kappa shape index (κ1) is 7.79. The van der Waals surface area contributed by atoms with E-state index < -0.39 is 0 Å². The Balaban J connectivity index is 2.23. The molecule has 2 nitrogen and oxygen atoms in total. The number of hydrogen-bond acceptors (Lipinski definition) is 1. The zero-order valence-corrected chi connectivity index (χ0v) is 6.33. The summed E-state index contributed by atoms with van der Waals surface area (Å²) >= 11 is 0. The van der Waals surface area contributed by atoms with Gasteiger partial charge in [0.25, 0.3) is 0 Å². The van der Waals surface area contributed by atoms with Crippen molar-refractivity contribution in [3.05, 3.63) is 43.0 Å². The lowest BCUT2D eigenvalue weighted by atomic mass is 10.3. The van der Waals surface area contributed by atoms with Gasteiger partial charge >= 0.3 is 0 Å². The van der Waals surface area contributed by atoms with Crippen molar-refractivity contribution in [2.45, 2.75) is 12.8 Å². The predicted molar refractivity (Wildman–Crippen MR) is 44.9 cm³/mol. The molecule has 0 bridgehead atoms. The number of nitrogens with zero attached hydrogens (tertiary/aromatic N) is 1. The van der Waals surface area contributed by atoms with Gasteiger partial charge in [0.2, 0.25) is 0 Å². The van der Waals surface area contributed by atoms with Crippen molar-refractivity contribution in [3.63, 3.8) is 0 Å². The van der Waals surface area contributed by atoms with Gasteiger partial charge in [0.15, 0.2) is 0 Å². The quantitative estimate of drug-likeness (QED) is 0.647. The fourth-order valence-electron chi connectivity index (χ4n) is 0.830. The highest BCUT2D eigenvalue weighted by Crippen LogP contribution is 1.95. The molecule has 2 heteroatoms. The van der Waals surface area contributed by atoms with Crippen LogP contribution in [0.2, 0.25) is 0 Å². The second-order valence-corrected chi connectivity index (χ2v) is 2.20. The number of hydrogen-bond donors (Lipinski definition) is 1. The smallest absolute Gasteiger partial charge is 0.106 e. The highest BCUT2D eigenvalue weighted by Gasteiger charge is 1.89. The van der Waals surface area contributed by atoms with Crippen molar-refractivity contribution in [1.82, 2.24) is 9.97 Å². The van der Waals surface area contributed by atoms with Crippen molar-refractivity contribution in [2.75, 3.05) is 0 Å². The molecule has 0 aliphatic heterocycles. The number of aromatic nitrogens is 2. The van der Waals surface area contributed by atoms with Crippen molar-refractivity contribution in [1.29, 1.82) is 0 Å². The fourth-order valence-corrected chi connectivity index (χ4v) is 0.830. The van der Waals surface area contributed by atoms with Crippen LogP contribution >= 0.6 is 0 Å². The Bertz CT molecular complexity index is 222. The number of rotatable bonds is 4. The van der Waals surface area contributed by atoms with E-state index in [0.29, 0.717) is 0 Å². The molecule has 0 aliphatic carbocycles. The van der Waals surface area contributed by atoms with Gasteiger partial charge in [-0.2, -0.15) is 0 Å². The standard InChI is InChI=1S/C9H11N2/c1-2-3-4-5-6-9-10-7-8-11-9/h1-4,7-8H,5-6H2,(H,10,11)/b2-1?,4-3+. The number of H-pyrrole nitrogens is 1. The van der Waals surface area contributed by atoms with Crippen LogP contribution in [0.25, 0.3) is 0 Å². The molecule has 1 heterocycles. The van der Waals surface area contributed by atoms with Gasteiger partial charge in [0.05, 0.1) is 0 Å². The molecule has 0 unspecified atom stereocenters. The zero-order chi connectivity index (χ0) is 7.94. The van der Waals surface area contributed by atoms with Crippen molar-refractivity contribution in [3.8, 4) is 0 Å². The number of aromatic amines is 1. The molecule has 0 atom stereocenters. The molecule has 0 aromatic carbocycles. The van der Waals surface area contributed by atoms with Crippen molar-refractivity contribution >= 4 is 0 Å². The highest BCUT2D eigenvalue weighted by atomic mass is 14.9. The van der Waals surface area contributed by atoms with Crippen molar-refractivity contribution < 1.29 is 0 Å². The van der Waals surface area contributed by atoms with Gasteiger partial charge in [-0.25, -0.2) is 4.98 Å². The summed E-state index contributed by atoms with van der Waals surface area (Å²) < 4.78 is 0. The molecule has 0 amide bonds. The van der Waals surface area contributed by atoms with Crippen LogP contribution in [0.4, 0.5) is 0 Å². The van der Waals surface area contributed by atoms with Gasteiger partial charge in [-0.1, -0.05) is 24.8 Å². The molecule has 1 N–H and O–H groups in total. The maximum Gasteiger partial charge on any atom is 0.106 e. The Kier molecular flexibility index (Phi) is 3.19. The van der Waals surface area contributed by atoms with Crippen LogP contribution in [0.5, 0.6) is 0 Å². The summed E-state index contributed by atoms with van der Waals surface area (Å²) in [4.78, 5) is 7.11. The normalized spacial score (nSPS) is 10.5. The van der Waals surface area contributed by atoms with E-state index in [1.165, 1.54) is 6.08 Å². The molecule has 0 saturated carbocycles. The number of imidazole rings is 1. The first-order valence-electron chi connectivity index (χ1n) is 3.62. The van der Waals surface area contributed by atoms with Crippen LogP contribution in [0, 0.1) is 6.58 Å². The lowest BCUT2D eigenvalue weighted by Crippen LogP contribution is -1.84. The molecular weight excluding hydrogens is 136 g/mol. The van der Waals surface area contributed by atoms with Crippen molar-refractivity contribution in [2.24, 2.45) is 0 Å². The Hall–Kier alpha value is -1.31. The third kappa shape index (κ3) is 2.85. The largest absolute Gasteiger partial charge is 0.349 e. The second-order valence-electron chi connectivity index (χ2n) is 2.20. The highest BCUT2D eigenvalue weighted by molar-refractivity contribution is 4.97. The molecule has 0 saturated heterocycles. The average Bonchev–Trinajstić information content (AvgIpc) is 2.50. The molecule has 57 valence electrons. The van der Waals surface area contributed by atoms with Gasteiger partial charge in [-0.3, -0.25) is 0 Å². The van der Waals surface area contributed by atoms with Crippen LogP contribution < -0.4 is 0 Å². The molecule has 1 radical (unpaired) electrons. The van der Waals surface area contributed by atoms with E-state index in [1.807, 2.05) is 18.3 Å². The van der Waals surface area contributed by atoms with E-state index in [0.717, 1.165) is 18.7 Å². The van der Waals surface area contributed by atoms with Crippen LogP contribution in [-0.2, 0) is 6.42 Å². The lowest BCUT2D eigenvalue weighted by molar-refractivity contribution is 0.910. The Morgan fingerprint density at radius 2 is 2.55 bits per heavy atom. The summed E-state index contributed by atoms with van der Waals surface area (Å²) in [6.45, 7) is 5.15. The second kappa shape index (κ2) is 4.50. The Morgan fingerprint density at radius 3 is 3.18 bits per heavy atom. The molecule has 0 spiro atoms. The number of allylic oxidation sites excluding steroid dienone is 3. The fraction of sp³-hybridized carbons (Fsp3) is 0.222. The molecule has 0 aliphatic rings. The van der Waals surface area contributed by atoms with Gasteiger partial charge in [0, 0.05) is 18.8 Å². The molecular formula is C9H11N2. The Morgan fingerprint density at radius 1 is 1.64 bits per heavy atom. The van der Waals surface area contributed by atoms with E-state index in [2.05, 4.69) is 9.97 Å². The zero-order valence-electron chi connectivity index (χ0n) is 6.33. The minimum Gasteiger partial charge on any atom is -0.349 e. The summed E-state index contributed by atoms with van der Waals surface area (Å²) in [5.74, 6) is 1.02.